The van der Waals surface area contributed by atoms with Crippen LogP contribution in [-0.4, -0.2) is 88.6 Å². The number of hydrogen-bond donors (Lipinski definition) is 6. The molecule has 0 spiro atoms. The number of nitrogens with two attached hydrogens (primary N) is 1. The zero-order valence-electron chi connectivity index (χ0n) is 17.0. The van der Waals surface area contributed by atoms with Gasteiger partial charge in [-0.05, 0) is 43.3 Å². The smallest absolute Gasteiger partial charge is 0.322 e. The molecule has 0 aromatic heterocycles. The standard InChI is InChI=1S/C17H30N4O7S2/c1-29-7-5-10(18)15(26)20-12(6-8-30-2)17(28)21-11(3-4-13(22)23)16(27)19-9-14(24)25/h10-12H,3-9,18H2,1-2H3,(H,19,27)(H,20,26)(H,21,28)(H,22,23)(H,24,25). The van der Waals surface area contributed by atoms with E-state index in [1.54, 1.807) is 0 Å². The Morgan fingerprint density at radius 1 is 0.800 bits per heavy atom. The molecule has 0 bridgehead atoms. The average molecular weight is 467 g/mol. The minimum absolute atomic E-state index is 0.233. The van der Waals surface area contributed by atoms with E-state index in [-0.39, 0.29) is 12.8 Å². The van der Waals surface area contributed by atoms with E-state index in [0.717, 1.165) is 0 Å². The van der Waals surface area contributed by atoms with Crippen molar-refractivity contribution in [1.82, 2.24) is 16.0 Å². The fourth-order valence-corrected chi connectivity index (χ4v) is 3.22. The van der Waals surface area contributed by atoms with Gasteiger partial charge in [-0.2, -0.15) is 23.5 Å². The third-order valence-electron chi connectivity index (χ3n) is 3.91. The van der Waals surface area contributed by atoms with E-state index in [4.69, 9.17) is 15.9 Å². The molecule has 11 nitrogen and oxygen atoms in total. The number of hydrogen-bond acceptors (Lipinski definition) is 8. The molecule has 0 aliphatic carbocycles. The summed E-state index contributed by atoms with van der Waals surface area (Å²) >= 11 is 2.99. The number of carbonyl (C=O) groups excluding carboxylic acids is 3. The highest BCUT2D eigenvalue weighted by atomic mass is 32.2. The molecule has 0 heterocycles. The van der Waals surface area contributed by atoms with E-state index in [1.165, 1.54) is 23.5 Å². The van der Waals surface area contributed by atoms with E-state index in [2.05, 4.69) is 16.0 Å². The molecule has 3 amide bonds. The SMILES string of the molecule is CSCCC(N)C(=O)NC(CCSC)C(=O)NC(CCC(=O)O)C(=O)NCC(=O)O. The second kappa shape index (κ2) is 15.8. The first-order valence-electron chi connectivity index (χ1n) is 9.17. The van der Waals surface area contributed by atoms with Crippen LogP contribution >= 0.6 is 23.5 Å². The van der Waals surface area contributed by atoms with Gasteiger partial charge in [-0.1, -0.05) is 0 Å². The van der Waals surface area contributed by atoms with Crippen LogP contribution in [0.1, 0.15) is 25.7 Å². The number of carboxylic acid groups (broad SMARTS) is 2. The van der Waals surface area contributed by atoms with Crippen LogP contribution in [0.3, 0.4) is 0 Å². The lowest BCUT2D eigenvalue weighted by atomic mass is 10.1. The number of carboxylic acids is 2. The maximum absolute atomic E-state index is 12.7. The second-order valence-electron chi connectivity index (χ2n) is 6.34. The highest BCUT2D eigenvalue weighted by Crippen LogP contribution is 2.06. The van der Waals surface area contributed by atoms with Crippen molar-refractivity contribution in [3.8, 4) is 0 Å². The number of nitrogens with one attached hydrogen (secondary N) is 3. The minimum Gasteiger partial charge on any atom is -0.481 e. The summed E-state index contributed by atoms with van der Waals surface area (Å²) in [6, 6.07) is -3.01. The molecule has 0 radical (unpaired) electrons. The summed E-state index contributed by atoms with van der Waals surface area (Å²) in [5.41, 5.74) is 5.83. The summed E-state index contributed by atoms with van der Waals surface area (Å²) in [6.07, 6.45) is 3.77. The Bertz CT molecular complexity index is 607. The first-order chi connectivity index (χ1) is 14.1. The average Bonchev–Trinajstić information content (AvgIpc) is 2.69. The van der Waals surface area contributed by atoms with Gasteiger partial charge in [0.25, 0.3) is 0 Å². The van der Waals surface area contributed by atoms with Crippen molar-refractivity contribution in [2.45, 2.75) is 43.8 Å². The molecule has 3 unspecified atom stereocenters. The maximum Gasteiger partial charge on any atom is 0.322 e. The van der Waals surface area contributed by atoms with Crippen LogP contribution in [0.4, 0.5) is 0 Å². The fourth-order valence-electron chi connectivity index (χ4n) is 2.25. The lowest BCUT2D eigenvalue weighted by molar-refractivity contribution is -0.140. The molecule has 0 saturated heterocycles. The van der Waals surface area contributed by atoms with Gasteiger partial charge in [0, 0.05) is 6.42 Å². The topological polar surface area (TPSA) is 188 Å². The Morgan fingerprint density at radius 3 is 1.87 bits per heavy atom. The van der Waals surface area contributed by atoms with Crippen molar-refractivity contribution in [3.05, 3.63) is 0 Å². The molecule has 0 aromatic carbocycles. The fraction of sp³-hybridized carbons (Fsp3) is 0.706. The first kappa shape index (κ1) is 28.0. The predicted molar refractivity (Wildman–Crippen MR) is 115 cm³/mol. The second-order valence-corrected chi connectivity index (χ2v) is 8.31. The van der Waals surface area contributed by atoms with Crippen LogP contribution in [0.15, 0.2) is 0 Å². The molecule has 0 aromatic rings. The highest BCUT2D eigenvalue weighted by molar-refractivity contribution is 7.98. The quantitative estimate of drug-likeness (QED) is 0.162. The summed E-state index contributed by atoms with van der Waals surface area (Å²) in [6.45, 7) is -0.671. The van der Waals surface area contributed by atoms with Gasteiger partial charge in [0.1, 0.15) is 18.6 Å². The zero-order chi connectivity index (χ0) is 23.1. The van der Waals surface area contributed by atoms with Gasteiger partial charge in [0.15, 0.2) is 0 Å². The van der Waals surface area contributed by atoms with Crippen molar-refractivity contribution in [2.24, 2.45) is 5.73 Å². The van der Waals surface area contributed by atoms with Crippen LogP contribution in [0.5, 0.6) is 0 Å². The van der Waals surface area contributed by atoms with Crippen LogP contribution in [0, 0.1) is 0 Å². The van der Waals surface area contributed by atoms with Crippen LogP contribution in [-0.2, 0) is 24.0 Å². The van der Waals surface area contributed by atoms with Gasteiger partial charge in [-0.3, -0.25) is 24.0 Å². The van der Waals surface area contributed by atoms with Gasteiger partial charge in [-0.15, -0.1) is 0 Å². The van der Waals surface area contributed by atoms with Crippen LogP contribution < -0.4 is 21.7 Å². The minimum atomic E-state index is -1.28. The molecule has 0 fully saturated rings. The van der Waals surface area contributed by atoms with Crippen molar-refractivity contribution in [3.63, 3.8) is 0 Å². The van der Waals surface area contributed by atoms with Crippen molar-refractivity contribution < 1.29 is 34.2 Å². The normalized spacial score (nSPS) is 13.6. The van der Waals surface area contributed by atoms with E-state index in [1.807, 2.05) is 12.5 Å². The molecule has 13 heteroatoms. The molecule has 0 aliphatic heterocycles. The summed E-state index contributed by atoms with van der Waals surface area (Å²) < 4.78 is 0. The first-order valence-corrected chi connectivity index (χ1v) is 12.0. The van der Waals surface area contributed by atoms with Crippen molar-refractivity contribution in [1.29, 1.82) is 0 Å². The molecule has 0 saturated carbocycles. The zero-order valence-corrected chi connectivity index (χ0v) is 18.6. The van der Waals surface area contributed by atoms with Crippen molar-refractivity contribution in [2.75, 3.05) is 30.6 Å². The maximum atomic E-state index is 12.7. The van der Waals surface area contributed by atoms with Crippen LogP contribution in [0.25, 0.3) is 0 Å². The molecule has 30 heavy (non-hydrogen) atoms. The van der Waals surface area contributed by atoms with Gasteiger partial charge in [0.05, 0.1) is 6.04 Å². The van der Waals surface area contributed by atoms with E-state index >= 15 is 0 Å². The summed E-state index contributed by atoms with van der Waals surface area (Å²) in [5, 5.41) is 24.7. The van der Waals surface area contributed by atoms with Gasteiger partial charge in [0.2, 0.25) is 17.7 Å². The molecule has 0 aliphatic rings. The Labute approximate surface area is 183 Å². The van der Waals surface area contributed by atoms with E-state index < -0.39 is 60.8 Å². The molecule has 172 valence electrons. The van der Waals surface area contributed by atoms with Gasteiger partial charge >= 0.3 is 11.9 Å². The Kier molecular flexibility index (Phi) is 14.7. The molecule has 3 atom stereocenters. The van der Waals surface area contributed by atoms with Crippen LogP contribution in [0.2, 0.25) is 0 Å². The molecule has 0 rings (SSSR count). The summed E-state index contributed by atoms with van der Waals surface area (Å²) in [4.78, 5) is 58.7. The third-order valence-corrected chi connectivity index (χ3v) is 5.19. The summed E-state index contributed by atoms with van der Waals surface area (Å²) in [7, 11) is 0. The van der Waals surface area contributed by atoms with Gasteiger partial charge < -0.3 is 31.9 Å². The third kappa shape index (κ3) is 12.5. The number of thioether (sulfide) groups is 2. The Hall–Kier alpha value is -1.99. The highest BCUT2D eigenvalue weighted by Gasteiger charge is 2.28. The lowest BCUT2D eigenvalue weighted by Crippen LogP contribution is -2.56. The number of amides is 3. The number of rotatable bonds is 16. The Balaban J connectivity index is 5.18. The predicted octanol–water partition coefficient (Wildman–Crippen LogP) is -1.14. The number of carbonyl (C=O) groups is 5. The van der Waals surface area contributed by atoms with E-state index in [9.17, 15) is 24.0 Å². The van der Waals surface area contributed by atoms with E-state index in [0.29, 0.717) is 17.9 Å². The molecular weight excluding hydrogens is 436 g/mol. The summed E-state index contributed by atoms with van der Waals surface area (Å²) in [5.74, 6) is -3.22. The lowest BCUT2D eigenvalue weighted by Gasteiger charge is -2.23. The molecular formula is C17H30N4O7S2. The largest absolute Gasteiger partial charge is 0.481 e. The molecule has 7 N–H and O–H groups in total. The monoisotopic (exact) mass is 466 g/mol. The van der Waals surface area contributed by atoms with Crippen molar-refractivity contribution >= 4 is 53.2 Å². The van der Waals surface area contributed by atoms with Gasteiger partial charge in [-0.25, -0.2) is 0 Å². The Morgan fingerprint density at radius 2 is 1.33 bits per heavy atom. The number of aliphatic carboxylic acids is 2.